The molecule has 2 heterocycles. The van der Waals surface area contributed by atoms with Gasteiger partial charge in [-0.1, -0.05) is 34.2 Å². The Morgan fingerprint density at radius 1 is 1.26 bits per heavy atom. The topological polar surface area (TPSA) is 83.6 Å². The first-order chi connectivity index (χ1) is 11.1. The van der Waals surface area contributed by atoms with Crippen LogP contribution >= 0.6 is 22.9 Å². The van der Waals surface area contributed by atoms with E-state index in [0.29, 0.717) is 26.8 Å². The van der Waals surface area contributed by atoms with Gasteiger partial charge in [0.05, 0.1) is 21.3 Å². The molecular formula is C15H10ClN5OS. The normalized spacial score (nSPS) is 11.2. The highest BCUT2D eigenvalue weighted by molar-refractivity contribution is 7.22. The molecule has 0 spiro atoms. The quantitative estimate of drug-likeness (QED) is 0.580. The molecule has 0 atom stereocenters. The average Bonchev–Trinajstić information content (AvgIpc) is 3.11. The molecule has 114 valence electrons. The van der Waals surface area contributed by atoms with Crippen LogP contribution in [-0.4, -0.2) is 26.3 Å². The van der Waals surface area contributed by atoms with E-state index in [1.807, 2.05) is 25.1 Å². The van der Waals surface area contributed by atoms with Crippen LogP contribution in [0.2, 0.25) is 5.02 Å². The number of aromatic nitrogens is 4. The fraction of sp³-hybridized carbons (Fsp3) is 0.0667. The third-order valence-electron chi connectivity index (χ3n) is 3.41. The minimum atomic E-state index is -0.306. The summed E-state index contributed by atoms with van der Waals surface area (Å²) in [5.74, 6) is -0.306. The van der Waals surface area contributed by atoms with E-state index >= 15 is 0 Å². The van der Waals surface area contributed by atoms with E-state index in [1.165, 1.54) is 11.3 Å². The van der Waals surface area contributed by atoms with Gasteiger partial charge in [0.15, 0.2) is 5.13 Å². The molecule has 0 aliphatic rings. The summed E-state index contributed by atoms with van der Waals surface area (Å²) in [5, 5.41) is 14.1. The van der Waals surface area contributed by atoms with Gasteiger partial charge < -0.3 is 0 Å². The van der Waals surface area contributed by atoms with Gasteiger partial charge in [0.25, 0.3) is 5.91 Å². The number of rotatable bonds is 2. The van der Waals surface area contributed by atoms with Gasteiger partial charge in [-0.3, -0.25) is 15.2 Å². The standard InChI is InChI=1S/C15H10ClN5OS/c1-7-2-3-10-12(4-7)23-15(17-10)18-14(22)9-5-8(16)6-11-13(9)20-21-19-11/h2-6H,1H3,(H,17,18,22)(H,19,20,21). The van der Waals surface area contributed by atoms with E-state index in [9.17, 15) is 4.79 Å². The molecular weight excluding hydrogens is 334 g/mol. The molecule has 0 radical (unpaired) electrons. The van der Waals surface area contributed by atoms with Gasteiger partial charge in [0, 0.05) is 5.02 Å². The van der Waals surface area contributed by atoms with Crippen molar-refractivity contribution in [3.05, 3.63) is 46.5 Å². The molecule has 0 aliphatic heterocycles. The number of fused-ring (bicyclic) bond motifs is 2. The lowest BCUT2D eigenvalue weighted by Crippen LogP contribution is -2.12. The summed E-state index contributed by atoms with van der Waals surface area (Å²) in [4.78, 5) is 17.0. The molecule has 0 aliphatic carbocycles. The number of carbonyl (C=O) groups excluding carboxylic acids is 1. The van der Waals surface area contributed by atoms with Crippen LogP contribution in [-0.2, 0) is 0 Å². The maximum absolute atomic E-state index is 12.5. The molecule has 2 aromatic heterocycles. The van der Waals surface area contributed by atoms with Gasteiger partial charge in [-0.05, 0) is 36.8 Å². The second-order valence-electron chi connectivity index (χ2n) is 5.10. The van der Waals surface area contributed by atoms with Gasteiger partial charge >= 0.3 is 0 Å². The molecule has 4 rings (SSSR count). The Hall–Kier alpha value is -2.51. The Bertz CT molecular complexity index is 1050. The van der Waals surface area contributed by atoms with Crippen LogP contribution in [0.25, 0.3) is 21.3 Å². The van der Waals surface area contributed by atoms with E-state index in [0.717, 1.165) is 15.8 Å². The zero-order chi connectivity index (χ0) is 16.0. The predicted molar refractivity (Wildman–Crippen MR) is 91.2 cm³/mol. The molecule has 8 heteroatoms. The Balaban J connectivity index is 1.71. The second kappa shape index (κ2) is 5.29. The molecule has 6 nitrogen and oxygen atoms in total. The van der Waals surface area contributed by atoms with Crippen LogP contribution in [0.3, 0.4) is 0 Å². The van der Waals surface area contributed by atoms with Gasteiger partial charge in [-0.25, -0.2) is 4.98 Å². The third kappa shape index (κ3) is 2.54. The Labute approximate surface area is 139 Å². The number of hydrogen-bond acceptors (Lipinski definition) is 5. The van der Waals surface area contributed by atoms with Crippen LogP contribution in [0.15, 0.2) is 30.3 Å². The van der Waals surface area contributed by atoms with Gasteiger partial charge in [-0.2, -0.15) is 0 Å². The molecule has 1 amide bonds. The molecule has 2 aromatic carbocycles. The van der Waals surface area contributed by atoms with Crippen molar-refractivity contribution in [1.29, 1.82) is 0 Å². The van der Waals surface area contributed by atoms with Crippen molar-refractivity contribution < 1.29 is 4.79 Å². The van der Waals surface area contributed by atoms with Crippen molar-refractivity contribution in [2.45, 2.75) is 6.92 Å². The Kier molecular flexibility index (Phi) is 3.24. The third-order valence-corrected chi connectivity index (χ3v) is 4.56. The smallest absolute Gasteiger partial charge is 0.259 e. The molecule has 23 heavy (non-hydrogen) atoms. The van der Waals surface area contributed by atoms with Crippen LogP contribution in [0, 0.1) is 6.92 Å². The summed E-state index contributed by atoms with van der Waals surface area (Å²) in [6.45, 7) is 2.02. The number of aryl methyl sites for hydroxylation is 1. The summed E-state index contributed by atoms with van der Waals surface area (Å²) in [6, 6.07) is 9.20. The largest absolute Gasteiger partial charge is 0.298 e. The number of nitrogens with one attached hydrogen (secondary N) is 2. The van der Waals surface area contributed by atoms with Gasteiger partial charge in [0.1, 0.15) is 5.52 Å². The molecule has 0 fully saturated rings. The first-order valence-corrected chi connectivity index (χ1v) is 7.98. The molecule has 0 saturated heterocycles. The molecule has 2 N–H and O–H groups in total. The number of H-pyrrole nitrogens is 1. The summed E-state index contributed by atoms with van der Waals surface area (Å²) in [7, 11) is 0. The lowest BCUT2D eigenvalue weighted by Gasteiger charge is -2.03. The highest BCUT2D eigenvalue weighted by atomic mass is 35.5. The molecule has 0 bridgehead atoms. The average molecular weight is 344 g/mol. The predicted octanol–water partition coefficient (Wildman–Crippen LogP) is 3.78. The maximum Gasteiger partial charge on any atom is 0.259 e. The lowest BCUT2D eigenvalue weighted by atomic mass is 10.1. The molecule has 0 unspecified atom stereocenters. The van der Waals surface area contributed by atoms with Crippen molar-refractivity contribution in [3.8, 4) is 0 Å². The molecule has 4 aromatic rings. The van der Waals surface area contributed by atoms with Crippen molar-refractivity contribution >= 4 is 55.2 Å². The van der Waals surface area contributed by atoms with Gasteiger partial charge in [-0.15, -0.1) is 5.10 Å². The first-order valence-electron chi connectivity index (χ1n) is 6.79. The maximum atomic E-state index is 12.5. The van der Waals surface area contributed by atoms with E-state index in [1.54, 1.807) is 12.1 Å². The second-order valence-corrected chi connectivity index (χ2v) is 6.57. The summed E-state index contributed by atoms with van der Waals surface area (Å²) in [6.07, 6.45) is 0. The van der Waals surface area contributed by atoms with Crippen molar-refractivity contribution in [2.75, 3.05) is 5.32 Å². The number of halogens is 1. The van der Waals surface area contributed by atoms with Crippen LogP contribution in [0.4, 0.5) is 5.13 Å². The zero-order valence-electron chi connectivity index (χ0n) is 11.9. The first kappa shape index (κ1) is 14.1. The highest BCUT2D eigenvalue weighted by Crippen LogP contribution is 2.28. The van der Waals surface area contributed by atoms with E-state index < -0.39 is 0 Å². The van der Waals surface area contributed by atoms with Crippen molar-refractivity contribution in [3.63, 3.8) is 0 Å². The number of hydrogen-bond donors (Lipinski definition) is 2. The number of nitrogens with zero attached hydrogens (tertiary/aromatic N) is 3. The summed E-state index contributed by atoms with van der Waals surface area (Å²) in [5.41, 5.74) is 3.48. The minimum absolute atomic E-state index is 0.306. The summed E-state index contributed by atoms with van der Waals surface area (Å²) < 4.78 is 1.03. The Morgan fingerprint density at radius 3 is 3.00 bits per heavy atom. The molecule has 0 saturated carbocycles. The summed E-state index contributed by atoms with van der Waals surface area (Å²) >= 11 is 7.46. The van der Waals surface area contributed by atoms with Crippen LogP contribution in [0.5, 0.6) is 0 Å². The van der Waals surface area contributed by atoms with Crippen molar-refractivity contribution in [2.24, 2.45) is 0 Å². The zero-order valence-corrected chi connectivity index (χ0v) is 13.5. The van der Waals surface area contributed by atoms with Gasteiger partial charge in [0.2, 0.25) is 0 Å². The lowest BCUT2D eigenvalue weighted by molar-refractivity contribution is 0.102. The fourth-order valence-corrected chi connectivity index (χ4v) is 3.52. The van der Waals surface area contributed by atoms with Crippen LogP contribution in [0.1, 0.15) is 15.9 Å². The Morgan fingerprint density at radius 2 is 2.13 bits per heavy atom. The number of benzene rings is 2. The number of thiazole rings is 1. The SMILES string of the molecule is Cc1ccc2nc(NC(=O)c3cc(Cl)cc4nn[nH]c34)sc2c1. The highest BCUT2D eigenvalue weighted by Gasteiger charge is 2.16. The number of amides is 1. The minimum Gasteiger partial charge on any atom is -0.298 e. The number of anilines is 1. The van der Waals surface area contributed by atoms with E-state index in [2.05, 4.69) is 25.7 Å². The number of carbonyl (C=O) groups is 1. The van der Waals surface area contributed by atoms with E-state index in [-0.39, 0.29) is 5.91 Å². The van der Waals surface area contributed by atoms with Crippen LogP contribution < -0.4 is 5.32 Å². The van der Waals surface area contributed by atoms with Crippen molar-refractivity contribution in [1.82, 2.24) is 20.4 Å². The monoisotopic (exact) mass is 343 g/mol. The number of aromatic amines is 1. The van der Waals surface area contributed by atoms with E-state index in [4.69, 9.17) is 11.6 Å². The fourth-order valence-electron chi connectivity index (χ4n) is 2.35.